The first-order valence-corrected chi connectivity index (χ1v) is 6.56. The Labute approximate surface area is 105 Å². The minimum Gasteiger partial charge on any atom is -0.340 e. The second-order valence-electron chi connectivity index (χ2n) is 4.05. The lowest BCUT2D eigenvalue weighted by Crippen LogP contribution is -2.22. The molecule has 0 aromatic carbocycles. The van der Waals surface area contributed by atoms with E-state index in [0.29, 0.717) is 5.89 Å². The Bertz CT molecular complexity index is 435. The number of nitrogens with zero attached hydrogens (tertiary/aromatic N) is 3. The van der Waals surface area contributed by atoms with Gasteiger partial charge in [0.1, 0.15) is 0 Å². The summed E-state index contributed by atoms with van der Waals surface area (Å²) in [5.41, 5.74) is 0. The first kappa shape index (κ1) is 12.3. The van der Waals surface area contributed by atoms with E-state index in [-0.39, 0.29) is 0 Å². The Morgan fingerprint density at radius 2 is 2.12 bits per heavy atom. The Hall–Kier alpha value is -1.20. The summed E-state index contributed by atoms with van der Waals surface area (Å²) in [6, 6.07) is 4.34. The SMILES string of the molecule is CCN(Cc1noc(C)n1)Cc1ccc(C)s1. The highest BCUT2D eigenvalue weighted by Gasteiger charge is 2.10. The third-order valence-corrected chi connectivity index (χ3v) is 3.54. The summed E-state index contributed by atoms with van der Waals surface area (Å²) in [7, 11) is 0. The molecule has 17 heavy (non-hydrogen) atoms. The van der Waals surface area contributed by atoms with Crippen molar-refractivity contribution in [1.29, 1.82) is 0 Å². The van der Waals surface area contributed by atoms with E-state index >= 15 is 0 Å². The fourth-order valence-corrected chi connectivity index (χ4v) is 2.61. The summed E-state index contributed by atoms with van der Waals surface area (Å²) < 4.78 is 4.98. The van der Waals surface area contributed by atoms with E-state index in [9.17, 15) is 0 Å². The van der Waals surface area contributed by atoms with Crippen LogP contribution < -0.4 is 0 Å². The van der Waals surface area contributed by atoms with E-state index in [1.54, 1.807) is 0 Å². The molecule has 92 valence electrons. The van der Waals surface area contributed by atoms with Gasteiger partial charge >= 0.3 is 0 Å². The van der Waals surface area contributed by atoms with Crippen LogP contribution in [-0.4, -0.2) is 21.6 Å². The molecule has 2 aromatic rings. The van der Waals surface area contributed by atoms with E-state index in [1.165, 1.54) is 9.75 Å². The van der Waals surface area contributed by atoms with Gasteiger partial charge in [-0.05, 0) is 25.6 Å². The van der Waals surface area contributed by atoms with Gasteiger partial charge in [0, 0.05) is 23.2 Å². The topological polar surface area (TPSA) is 42.2 Å². The van der Waals surface area contributed by atoms with Crippen LogP contribution in [0.1, 0.15) is 28.4 Å². The maximum absolute atomic E-state index is 4.98. The van der Waals surface area contributed by atoms with E-state index in [2.05, 4.69) is 41.0 Å². The summed E-state index contributed by atoms with van der Waals surface area (Å²) in [5, 5.41) is 3.93. The highest BCUT2D eigenvalue weighted by molar-refractivity contribution is 7.11. The van der Waals surface area contributed by atoms with Gasteiger partial charge in [0.05, 0.1) is 6.54 Å². The number of thiophene rings is 1. The molecule has 0 N–H and O–H groups in total. The summed E-state index contributed by atoms with van der Waals surface area (Å²) in [4.78, 5) is 9.26. The van der Waals surface area contributed by atoms with Crippen molar-refractivity contribution in [3.05, 3.63) is 33.6 Å². The lowest BCUT2D eigenvalue weighted by Gasteiger charge is -2.17. The molecule has 0 spiro atoms. The lowest BCUT2D eigenvalue weighted by molar-refractivity contribution is 0.261. The summed E-state index contributed by atoms with van der Waals surface area (Å²) in [6.07, 6.45) is 0. The number of aryl methyl sites for hydroxylation is 2. The molecule has 0 aliphatic heterocycles. The maximum Gasteiger partial charge on any atom is 0.223 e. The third-order valence-electron chi connectivity index (χ3n) is 2.56. The minimum atomic E-state index is 0.628. The van der Waals surface area contributed by atoms with E-state index in [4.69, 9.17) is 4.52 Å². The molecule has 0 saturated heterocycles. The van der Waals surface area contributed by atoms with Gasteiger partial charge < -0.3 is 4.52 Å². The molecule has 2 aromatic heterocycles. The van der Waals surface area contributed by atoms with Crippen LogP contribution in [0, 0.1) is 13.8 Å². The number of hydrogen-bond acceptors (Lipinski definition) is 5. The third kappa shape index (κ3) is 3.38. The van der Waals surface area contributed by atoms with Gasteiger partial charge in [-0.15, -0.1) is 11.3 Å². The van der Waals surface area contributed by atoms with Crippen LogP contribution in [0.3, 0.4) is 0 Å². The molecule has 0 fully saturated rings. The van der Waals surface area contributed by atoms with Crippen LogP contribution in [0.2, 0.25) is 0 Å². The van der Waals surface area contributed by atoms with Crippen molar-refractivity contribution in [2.75, 3.05) is 6.54 Å². The molecule has 2 heterocycles. The average Bonchev–Trinajstić information content (AvgIpc) is 2.87. The second kappa shape index (κ2) is 5.42. The van der Waals surface area contributed by atoms with Crippen molar-refractivity contribution in [3.8, 4) is 0 Å². The van der Waals surface area contributed by atoms with Crippen LogP contribution in [-0.2, 0) is 13.1 Å². The summed E-state index contributed by atoms with van der Waals surface area (Å²) in [5.74, 6) is 1.39. The molecule has 4 nitrogen and oxygen atoms in total. The number of aromatic nitrogens is 2. The predicted molar refractivity (Wildman–Crippen MR) is 67.9 cm³/mol. The molecule has 0 unspecified atom stereocenters. The highest BCUT2D eigenvalue weighted by atomic mass is 32.1. The van der Waals surface area contributed by atoms with Gasteiger partial charge in [-0.1, -0.05) is 12.1 Å². The molecule has 5 heteroatoms. The van der Waals surface area contributed by atoms with Crippen molar-refractivity contribution >= 4 is 11.3 Å². The van der Waals surface area contributed by atoms with Crippen molar-refractivity contribution < 1.29 is 4.52 Å². The van der Waals surface area contributed by atoms with Crippen LogP contribution >= 0.6 is 11.3 Å². The minimum absolute atomic E-state index is 0.628. The fraction of sp³-hybridized carbons (Fsp3) is 0.500. The quantitative estimate of drug-likeness (QED) is 0.819. The number of rotatable bonds is 5. The smallest absolute Gasteiger partial charge is 0.223 e. The second-order valence-corrected chi connectivity index (χ2v) is 5.42. The summed E-state index contributed by atoms with van der Waals surface area (Å²) >= 11 is 1.84. The zero-order valence-corrected chi connectivity index (χ0v) is 11.3. The van der Waals surface area contributed by atoms with Crippen LogP contribution in [0.5, 0.6) is 0 Å². The van der Waals surface area contributed by atoms with E-state index in [1.807, 2.05) is 18.3 Å². The molecular weight excluding hydrogens is 234 g/mol. The van der Waals surface area contributed by atoms with Crippen molar-refractivity contribution in [2.24, 2.45) is 0 Å². The Morgan fingerprint density at radius 1 is 1.29 bits per heavy atom. The van der Waals surface area contributed by atoms with Crippen molar-refractivity contribution in [1.82, 2.24) is 15.0 Å². The summed E-state index contributed by atoms with van der Waals surface area (Å²) in [6.45, 7) is 8.76. The van der Waals surface area contributed by atoms with Gasteiger partial charge in [-0.25, -0.2) is 0 Å². The molecule has 0 atom stereocenters. The lowest BCUT2D eigenvalue weighted by atomic mass is 10.4. The first-order valence-electron chi connectivity index (χ1n) is 5.74. The average molecular weight is 251 g/mol. The monoisotopic (exact) mass is 251 g/mol. The zero-order chi connectivity index (χ0) is 12.3. The molecule has 0 aliphatic carbocycles. The van der Waals surface area contributed by atoms with Crippen molar-refractivity contribution in [3.63, 3.8) is 0 Å². The molecule has 0 saturated carbocycles. The van der Waals surface area contributed by atoms with Crippen LogP contribution in [0.4, 0.5) is 0 Å². The Balaban J connectivity index is 1.97. The van der Waals surface area contributed by atoms with Gasteiger partial charge in [-0.2, -0.15) is 4.98 Å². The fourth-order valence-electron chi connectivity index (χ4n) is 1.68. The molecule has 0 amide bonds. The van der Waals surface area contributed by atoms with E-state index in [0.717, 1.165) is 25.5 Å². The largest absolute Gasteiger partial charge is 0.340 e. The van der Waals surface area contributed by atoms with Gasteiger partial charge in [0.25, 0.3) is 0 Å². The maximum atomic E-state index is 4.98. The van der Waals surface area contributed by atoms with Crippen LogP contribution in [0.15, 0.2) is 16.7 Å². The standard InChI is InChI=1S/C12H17N3OS/c1-4-15(7-11-6-5-9(2)17-11)8-12-13-10(3)16-14-12/h5-6H,4,7-8H2,1-3H3. The van der Waals surface area contributed by atoms with Crippen molar-refractivity contribution in [2.45, 2.75) is 33.9 Å². The van der Waals surface area contributed by atoms with Gasteiger partial charge in [-0.3, -0.25) is 4.90 Å². The van der Waals surface area contributed by atoms with Gasteiger partial charge in [0.2, 0.25) is 5.89 Å². The zero-order valence-electron chi connectivity index (χ0n) is 10.4. The Morgan fingerprint density at radius 3 is 2.65 bits per heavy atom. The molecule has 2 rings (SSSR count). The highest BCUT2D eigenvalue weighted by Crippen LogP contribution is 2.17. The normalized spacial score (nSPS) is 11.3. The van der Waals surface area contributed by atoms with Crippen LogP contribution in [0.25, 0.3) is 0 Å². The molecular formula is C12H17N3OS. The number of hydrogen-bond donors (Lipinski definition) is 0. The van der Waals surface area contributed by atoms with Gasteiger partial charge in [0.15, 0.2) is 5.82 Å². The Kier molecular flexibility index (Phi) is 3.91. The molecule has 0 aliphatic rings. The first-order chi connectivity index (χ1) is 8.17. The molecule has 0 bridgehead atoms. The molecule has 0 radical (unpaired) electrons. The predicted octanol–water partition coefficient (Wildman–Crippen LogP) is 2.77. The van der Waals surface area contributed by atoms with E-state index < -0.39 is 0 Å².